The van der Waals surface area contributed by atoms with Crippen LogP contribution in [-0.4, -0.2) is 16.0 Å². The van der Waals surface area contributed by atoms with E-state index in [9.17, 15) is 4.79 Å². The second kappa shape index (κ2) is 7.83. The quantitative estimate of drug-likeness (QED) is 0.420. The second-order valence-electron chi connectivity index (χ2n) is 3.21. The summed E-state index contributed by atoms with van der Waals surface area (Å²) in [4.78, 5) is 10.6. The van der Waals surface area contributed by atoms with Crippen LogP contribution in [0.4, 0.5) is 0 Å². The average molecular weight is 286 g/mol. The predicted octanol–water partition coefficient (Wildman–Crippen LogP) is 3.18. The smallest absolute Gasteiger partial charge is 0.306 e. The minimum atomic E-state index is -0.326. The normalized spacial score (nSPS) is 9.83. The molecule has 0 N–H and O–H groups in total. The Morgan fingerprint density at radius 3 is 1.75 bits per heavy atom. The van der Waals surface area contributed by atoms with Gasteiger partial charge >= 0.3 is 5.97 Å². The Morgan fingerprint density at radius 2 is 1.67 bits per heavy atom. The molecular formula is C9H19IO2. The van der Waals surface area contributed by atoms with Crippen molar-refractivity contribution in [2.75, 3.05) is 4.43 Å². The van der Waals surface area contributed by atoms with Gasteiger partial charge in [0.2, 0.25) is 0 Å². The van der Waals surface area contributed by atoms with Crippen molar-refractivity contribution < 1.29 is 9.53 Å². The molecule has 74 valence electrons. The Kier molecular flexibility index (Phi) is 9.60. The van der Waals surface area contributed by atoms with Gasteiger partial charge in [-0.25, -0.2) is 0 Å². The number of hydrogen-bond acceptors (Lipinski definition) is 2. The minimum Gasteiger partial charge on any atom is -0.460 e. The third kappa shape index (κ3) is 16.7. The zero-order chi connectivity index (χ0) is 10.2. The fraction of sp³-hybridized carbons (Fsp3) is 0.889. The van der Waals surface area contributed by atoms with Crippen molar-refractivity contribution in [3.8, 4) is 0 Å². The van der Waals surface area contributed by atoms with Gasteiger partial charge in [0.1, 0.15) is 5.60 Å². The van der Waals surface area contributed by atoms with E-state index in [2.05, 4.69) is 29.5 Å². The van der Waals surface area contributed by atoms with Gasteiger partial charge in [0, 0.05) is 6.42 Å². The summed E-state index contributed by atoms with van der Waals surface area (Å²) in [6.45, 7) is 9.48. The highest BCUT2D eigenvalue weighted by molar-refractivity contribution is 14.1. The van der Waals surface area contributed by atoms with Crippen LogP contribution in [0.25, 0.3) is 0 Å². The zero-order valence-corrected chi connectivity index (χ0v) is 10.8. The van der Waals surface area contributed by atoms with E-state index in [0.29, 0.717) is 6.42 Å². The maximum atomic E-state index is 10.6. The zero-order valence-electron chi connectivity index (χ0n) is 8.61. The van der Waals surface area contributed by atoms with Gasteiger partial charge in [0.15, 0.2) is 0 Å². The number of hydrogen-bond donors (Lipinski definition) is 0. The van der Waals surface area contributed by atoms with E-state index in [1.165, 1.54) is 4.43 Å². The van der Waals surface area contributed by atoms with Crippen molar-refractivity contribution in [1.29, 1.82) is 0 Å². The van der Waals surface area contributed by atoms with Crippen LogP contribution in [0.3, 0.4) is 0 Å². The van der Waals surface area contributed by atoms with Gasteiger partial charge < -0.3 is 4.74 Å². The highest BCUT2D eigenvalue weighted by Gasteiger charge is 2.13. The Hall–Kier alpha value is 0.200. The lowest BCUT2D eigenvalue weighted by Gasteiger charge is -2.18. The molecule has 0 saturated heterocycles. The first-order valence-electron chi connectivity index (χ1n) is 4.15. The molecule has 0 aromatic rings. The van der Waals surface area contributed by atoms with Crippen LogP contribution < -0.4 is 0 Å². The van der Waals surface area contributed by atoms with E-state index in [1.807, 2.05) is 20.8 Å². The van der Waals surface area contributed by atoms with Crippen LogP contribution in [0.5, 0.6) is 0 Å². The number of alkyl halides is 1. The fourth-order valence-corrected chi connectivity index (χ4v) is 0.414. The lowest BCUT2D eigenvalue weighted by atomic mass is 10.2. The Bertz CT molecular complexity index is 116. The first-order valence-corrected chi connectivity index (χ1v) is 5.67. The van der Waals surface area contributed by atoms with Crippen molar-refractivity contribution in [3.63, 3.8) is 0 Å². The minimum absolute atomic E-state index is 0.137. The largest absolute Gasteiger partial charge is 0.460 e. The third-order valence-corrected chi connectivity index (χ3v) is 0.709. The summed E-state index contributed by atoms with van der Waals surface area (Å²) in [5, 5.41) is 0. The number of ether oxygens (including phenoxy) is 1. The molecule has 0 fully saturated rings. The topological polar surface area (TPSA) is 26.3 Å². The van der Waals surface area contributed by atoms with Gasteiger partial charge in [-0.05, 0) is 25.2 Å². The molecule has 0 amide bonds. The number of carbonyl (C=O) groups is 1. The van der Waals surface area contributed by atoms with Crippen LogP contribution in [0, 0.1) is 0 Å². The number of halogens is 1. The molecular weight excluding hydrogens is 267 g/mol. The molecule has 0 bridgehead atoms. The molecule has 12 heavy (non-hydrogen) atoms. The summed E-state index contributed by atoms with van der Waals surface area (Å²) in [5.74, 6) is -0.137. The highest BCUT2D eigenvalue weighted by Crippen LogP contribution is 2.07. The molecule has 0 saturated carbocycles. The number of carbonyl (C=O) groups excluding carboxylic acids is 1. The molecule has 0 aromatic heterocycles. The molecule has 0 heterocycles. The van der Waals surface area contributed by atoms with Crippen LogP contribution in [0.15, 0.2) is 0 Å². The molecule has 0 spiro atoms. The second-order valence-corrected chi connectivity index (χ2v) is 4.73. The van der Waals surface area contributed by atoms with Crippen LogP contribution in [0.1, 0.15) is 41.0 Å². The van der Waals surface area contributed by atoms with Gasteiger partial charge in [0.05, 0.1) is 0 Å². The maximum Gasteiger partial charge on any atom is 0.306 e. The summed E-state index contributed by atoms with van der Waals surface area (Å²) in [6.07, 6.45) is 0.456. The highest BCUT2D eigenvalue weighted by atomic mass is 127. The molecule has 0 aliphatic carbocycles. The third-order valence-electron chi connectivity index (χ3n) is 0.709. The summed E-state index contributed by atoms with van der Waals surface area (Å²) < 4.78 is 6.17. The van der Waals surface area contributed by atoms with E-state index in [0.717, 1.165) is 0 Å². The molecule has 0 aliphatic heterocycles. The van der Waals surface area contributed by atoms with Gasteiger partial charge in [-0.3, -0.25) is 4.79 Å². The van der Waals surface area contributed by atoms with E-state index in [-0.39, 0.29) is 11.6 Å². The molecule has 0 aromatic carbocycles. The summed E-state index contributed by atoms with van der Waals surface area (Å²) in [5.41, 5.74) is -0.326. The summed E-state index contributed by atoms with van der Waals surface area (Å²) in [7, 11) is 0. The van der Waals surface area contributed by atoms with Gasteiger partial charge in [0.25, 0.3) is 0 Å². The van der Waals surface area contributed by atoms with E-state index in [4.69, 9.17) is 4.74 Å². The Balaban J connectivity index is 0. The molecule has 0 radical (unpaired) electrons. The Morgan fingerprint density at radius 1 is 1.33 bits per heavy atom. The van der Waals surface area contributed by atoms with Crippen molar-refractivity contribution in [1.82, 2.24) is 0 Å². The van der Waals surface area contributed by atoms with Gasteiger partial charge in [-0.2, -0.15) is 0 Å². The molecule has 0 aliphatic rings. The number of rotatable bonds is 1. The van der Waals surface area contributed by atoms with Crippen LogP contribution >= 0.6 is 22.6 Å². The summed E-state index contributed by atoms with van der Waals surface area (Å²) in [6, 6.07) is 0. The molecule has 0 atom stereocenters. The van der Waals surface area contributed by atoms with E-state index in [1.54, 1.807) is 6.92 Å². The van der Waals surface area contributed by atoms with Crippen molar-refractivity contribution >= 4 is 28.6 Å². The van der Waals surface area contributed by atoms with Crippen molar-refractivity contribution in [2.24, 2.45) is 0 Å². The molecule has 3 heteroatoms. The molecule has 0 unspecified atom stereocenters. The first-order chi connectivity index (χ1) is 5.37. The van der Waals surface area contributed by atoms with Gasteiger partial charge in [-0.15, -0.1) is 0 Å². The van der Waals surface area contributed by atoms with E-state index < -0.39 is 0 Å². The first kappa shape index (κ1) is 14.7. The van der Waals surface area contributed by atoms with Crippen molar-refractivity contribution in [3.05, 3.63) is 0 Å². The monoisotopic (exact) mass is 286 g/mol. The number of esters is 1. The maximum absolute atomic E-state index is 10.6. The van der Waals surface area contributed by atoms with E-state index >= 15 is 0 Å². The van der Waals surface area contributed by atoms with Crippen LogP contribution in [0.2, 0.25) is 0 Å². The molecule has 2 nitrogen and oxygen atoms in total. The Labute approximate surface area is 89.2 Å². The lowest BCUT2D eigenvalue weighted by molar-refractivity contribution is -0.154. The van der Waals surface area contributed by atoms with Gasteiger partial charge in [-0.1, -0.05) is 36.4 Å². The molecule has 0 rings (SSSR count). The van der Waals surface area contributed by atoms with Crippen LogP contribution in [-0.2, 0) is 9.53 Å². The SMILES string of the molecule is CCC(=O)OC(C)(C)C.CCI. The fourth-order valence-electron chi connectivity index (χ4n) is 0.414. The standard InChI is InChI=1S/C7H14O2.C2H5I/c1-5-6(8)9-7(2,3)4;1-2-3/h5H2,1-4H3;2H2,1H3. The van der Waals surface area contributed by atoms with Crippen molar-refractivity contribution in [2.45, 2.75) is 46.6 Å². The lowest BCUT2D eigenvalue weighted by Crippen LogP contribution is -2.23. The average Bonchev–Trinajstić information content (AvgIpc) is 1.86. The summed E-state index contributed by atoms with van der Waals surface area (Å²) >= 11 is 2.29. The predicted molar refractivity (Wildman–Crippen MR) is 60.7 cm³/mol.